The standard InChI is InChI=1S/C22H29NO5S/c1-5-17-13-20(29-15(17)4)22(25)28-14-21(24)23-11-10-16-8-9-18(26-6-2)19(12-16)27-7-3/h8-9,12-13H,5-7,10-11,14H2,1-4H3,(H,23,24). The maximum Gasteiger partial charge on any atom is 0.348 e. The van der Waals surface area contributed by atoms with Gasteiger partial charge in [-0.15, -0.1) is 11.3 Å². The number of nitrogens with one attached hydrogen (secondary N) is 1. The SMILES string of the molecule is CCOc1ccc(CCNC(=O)COC(=O)c2cc(CC)c(C)s2)cc1OCC. The van der Waals surface area contributed by atoms with Gasteiger partial charge in [0.25, 0.3) is 5.91 Å². The topological polar surface area (TPSA) is 73.9 Å². The number of thiophene rings is 1. The lowest BCUT2D eigenvalue weighted by Gasteiger charge is -2.12. The molecule has 0 saturated heterocycles. The number of amides is 1. The fourth-order valence-electron chi connectivity index (χ4n) is 2.82. The molecule has 1 N–H and O–H groups in total. The Hall–Kier alpha value is -2.54. The van der Waals surface area contributed by atoms with Crippen molar-refractivity contribution in [3.63, 3.8) is 0 Å². The highest BCUT2D eigenvalue weighted by Crippen LogP contribution is 2.28. The highest BCUT2D eigenvalue weighted by atomic mass is 32.1. The summed E-state index contributed by atoms with van der Waals surface area (Å²) in [6.45, 7) is 9.13. The Morgan fingerprint density at radius 1 is 1.03 bits per heavy atom. The zero-order valence-corrected chi connectivity index (χ0v) is 18.3. The predicted molar refractivity (Wildman–Crippen MR) is 114 cm³/mol. The monoisotopic (exact) mass is 419 g/mol. The molecule has 0 radical (unpaired) electrons. The van der Waals surface area contributed by atoms with Crippen LogP contribution in [0.2, 0.25) is 0 Å². The van der Waals surface area contributed by atoms with E-state index >= 15 is 0 Å². The molecule has 158 valence electrons. The Morgan fingerprint density at radius 3 is 2.41 bits per heavy atom. The van der Waals surface area contributed by atoms with Crippen molar-refractivity contribution in [2.75, 3.05) is 26.4 Å². The van der Waals surface area contributed by atoms with Crippen LogP contribution in [-0.2, 0) is 22.4 Å². The molecule has 1 amide bonds. The third-order valence-electron chi connectivity index (χ3n) is 4.28. The molecular weight excluding hydrogens is 390 g/mol. The Labute approximate surface area is 176 Å². The van der Waals surface area contributed by atoms with Crippen molar-refractivity contribution in [1.82, 2.24) is 5.32 Å². The van der Waals surface area contributed by atoms with Crippen LogP contribution in [0.1, 0.15) is 46.4 Å². The zero-order valence-electron chi connectivity index (χ0n) is 17.5. The number of aryl methyl sites for hydroxylation is 2. The summed E-state index contributed by atoms with van der Waals surface area (Å²) in [5, 5.41) is 2.77. The summed E-state index contributed by atoms with van der Waals surface area (Å²) in [4.78, 5) is 25.7. The minimum absolute atomic E-state index is 0.287. The molecule has 1 heterocycles. The molecule has 0 atom stereocenters. The molecule has 0 unspecified atom stereocenters. The molecule has 0 fully saturated rings. The van der Waals surface area contributed by atoms with E-state index < -0.39 is 5.97 Å². The van der Waals surface area contributed by atoms with Crippen LogP contribution in [0.15, 0.2) is 24.3 Å². The molecule has 0 saturated carbocycles. The summed E-state index contributed by atoms with van der Waals surface area (Å²) >= 11 is 1.40. The van der Waals surface area contributed by atoms with Crippen molar-refractivity contribution >= 4 is 23.2 Å². The van der Waals surface area contributed by atoms with Crippen LogP contribution in [-0.4, -0.2) is 38.2 Å². The lowest BCUT2D eigenvalue weighted by molar-refractivity contribution is -0.124. The van der Waals surface area contributed by atoms with E-state index in [-0.39, 0.29) is 12.5 Å². The Kier molecular flexibility index (Phi) is 8.99. The fraction of sp³-hybridized carbons (Fsp3) is 0.455. The van der Waals surface area contributed by atoms with Crippen molar-refractivity contribution in [1.29, 1.82) is 0 Å². The average Bonchev–Trinajstić information content (AvgIpc) is 3.09. The van der Waals surface area contributed by atoms with Gasteiger partial charge < -0.3 is 19.5 Å². The molecule has 0 bridgehead atoms. The highest BCUT2D eigenvalue weighted by molar-refractivity contribution is 7.14. The first kappa shape index (κ1) is 22.7. The molecular formula is C22H29NO5S. The Balaban J connectivity index is 1.79. The quantitative estimate of drug-likeness (QED) is 0.559. The first-order valence-corrected chi connectivity index (χ1v) is 10.7. The molecule has 0 aliphatic carbocycles. The molecule has 1 aromatic heterocycles. The van der Waals surface area contributed by atoms with Gasteiger partial charge in [0, 0.05) is 11.4 Å². The zero-order chi connectivity index (χ0) is 21.2. The Morgan fingerprint density at radius 2 is 1.76 bits per heavy atom. The van der Waals surface area contributed by atoms with E-state index in [0.717, 1.165) is 22.4 Å². The number of rotatable bonds is 11. The number of ether oxygens (including phenoxy) is 3. The van der Waals surface area contributed by atoms with Crippen molar-refractivity contribution in [3.05, 3.63) is 45.1 Å². The summed E-state index contributed by atoms with van der Waals surface area (Å²) in [6.07, 6.45) is 1.50. The summed E-state index contributed by atoms with van der Waals surface area (Å²) in [6, 6.07) is 7.58. The van der Waals surface area contributed by atoms with Gasteiger partial charge in [-0.2, -0.15) is 0 Å². The van der Waals surface area contributed by atoms with E-state index in [2.05, 4.69) is 5.32 Å². The third kappa shape index (κ3) is 6.78. The molecule has 0 aliphatic rings. The lowest BCUT2D eigenvalue weighted by Crippen LogP contribution is -2.30. The van der Waals surface area contributed by atoms with Crippen LogP contribution in [0.25, 0.3) is 0 Å². The van der Waals surface area contributed by atoms with Gasteiger partial charge >= 0.3 is 5.97 Å². The number of esters is 1. The summed E-state index contributed by atoms with van der Waals surface area (Å²) < 4.78 is 16.3. The fourth-order valence-corrected chi connectivity index (χ4v) is 3.83. The van der Waals surface area contributed by atoms with Crippen molar-refractivity contribution in [2.24, 2.45) is 0 Å². The van der Waals surface area contributed by atoms with E-state index in [1.807, 2.05) is 52.0 Å². The van der Waals surface area contributed by atoms with Gasteiger partial charge in [-0.3, -0.25) is 4.79 Å². The average molecular weight is 420 g/mol. The first-order chi connectivity index (χ1) is 14.0. The highest BCUT2D eigenvalue weighted by Gasteiger charge is 2.14. The van der Waals surface area contributed by atoms with Crippen LogP contribution in [0.3, 0.4) is 0 Å². The first-order valence-electron chi connectivity index (χ1n) is 9.90. The summed E-state index contributed by atoms with van der Waals surface area (Å²) in [5.41, 5.74) is 2.16. The maximum atomic E-state index is 12.1. The van der Waals surface area contributed by atoms with Gasteiger partial charge in [-0.1, -0.05) is 13.0 Å². The number of benzene rings is 1. The van der Waals surface area contributed by atoms with Crippen LogP contribution < -0.4 is 14.8 Å². The maximum absolute atomic E-state index is 12.1. The van der Waals surface area contributed by atoms with Gasteiger partial charge in [-0.05, 0) is 62.9 Å². The van der Waals surface area contributed by atoms with Crippen LogP contribution in [0, 0.1) is 6.92 Å². The molecule has 0 spiro atoms. The number of hydrogen-bond acceptors (Lipinski definition) is 6. The molecule has 7 heteroatoms. The predicted octanol–water partition coefficient (Wildman–Crippen LogP) is 3.93. The molecule has 29 heavy (non-hydrogen) atoms. The summed E-state index contributed by atoms with van der Waals surface area (Å²) in [5.74, 6) is 0.632. The second-order valence-corrected chi connectivity index (χ2v) is 7.63. The largest absolute Gasteiger partial charge is 0.490 e. The molecule has 0 aliphatic heterocycles. The molecule has 2 aromatic rings. The van der Waals surface area contributed by atoms with Gasteiger partial charge in [0.2, 0.25) is 0 Å². The van der Waals surface area contributed by atoms with Crippen LogP contribution in [0.4, 0.5) is 0 Å². The van der Waals surface area contributed by atoms with Gasteiger partial charge in [0.1, 0.15) is 4.88 Å². The number of carbonyl (C=O) groups excluding carboxylic acids is 2. The van der Waals surface area contributed by atoms with Crippen molar-refractivity contribution < 1.29 is 23.8 Å². The summed E-state index contributed by atoms with van der Waals surface area (Å²) in [7, 11) is 0. The Bertz CT molecular complexity index is 831. The van der Waals surface area contributed by atoms with E-state index in [1.165, 1.54) is 11.3 Å². The molecule has 6 nitrogen and oxygen atoms in total. The van der Waals surface area contributed by atoms with E-state index in [1.54, 1.807) is 0 Å². The minimum Gasteiger partial charge on any atom is -0.490 e. The number of hydrogen-bond donors (Lipinski definition) is 1. The number of carbonyl (C=O) groups is 2. The molecule has 1 aromatic carbocycles. The van der Waals surface area contributed by atoms with E-state index in [9.17, 15) is 9.59 Å². The normalized spacial score (nSPS) is 10.5. The molecule has 2 rings (SSSR count). The van der Waals surface area contributed by atoms with Gasteiger partial charge in [0.05, 0.1) is 13.2 Å². The lowest BCUT2D eigenvalue weighted by atomic mass is 10.1. The smallest absolute Gasteiger partial charge is 0.348 e. The van der Waals surface area contributed by atoms with E-state index in [4.69, 9.17) is 14.2 Å². The second kappa shape index (κ2) is 11.5. The third-order valence-corrected chi connectivity index (χ3v) is 5.35. The van der Waals surface area contributed by atoms with Crippen molar-refractivity contribution in [3.8, 4) is 11.5 Å². The van der Waals surface area contributed by atoms with Gasteiger partial charge in [0.15, 0.2) is 18.1 Å². The second-order valence-electron chi connectivity index (χ2n) is 6.37. The van der Waals surface area contributed by atoms with Crippen LogP contribution in [0.5, 0.6) is 11.5 Å². The van der Waals surface area contributed by atoms with Crippen molar-refractivity contribution in [2.45, 2.75) is 40.5 Å². The van der Waals surface area contributed by atoms with Gasteiger partial charge in [-0.25, -0.2) is 4.79 Å². The van der Waals surface area contributed by atoms with E-state index in [0.29, 0.717) is 42.6 Å². The minimum atomic E-state index is -0.458. The van der Waals surface area contributed by atoms with Crippen LogP contribution >= 0.6 is 11.3 Å².